The van der Waals surface area contributed by atoms with E-state index in [4.69, 9.17) is 0 Å². The van der Waals surface area contributed by atoms with E-state index in [0.29, 0.717) is 13.1 Å². The lowest BCUT2D eigenvalue weighted by atomic mass is 10.3. The van der Waals surface area contributed by atoms with Crippen molar-refractivity contribution in [3.63, 3.8) is 0 Å². The zero-order chi connectivity index (χ0) is 14.5. The number of amides is 1. The Hall–Kier alpha value is -1.34. The van der Waals surface area contributed by atoms with E-state index in [9.17, 15) is 4.79 Å². The van der Waals surface area contributed by atoms with Crippen LogP contribution >= 0.6 is 23.1 Å². The summed E-state index contributed by atoms with van der Waals surface area (Å²) in [6.45, 7) is 5.31. The van der Waals surface area contributed by atoms with E-state index in [1.54, 1.807) is 17.7 Å². The number of aromatic nitrogens is 3. The molecule has 2 heterocycles. The van der Waals surface area contributed by atoms with Crippen LogP contribution in [0.1, 0.15) is 18.7 Å². The maximum Gasteiger partial charge on any atom is 0.236 e. The number of hydrogen-bond acceptors (Lipinski definition) is 5. The zero-order valence-electron chi connectivity index (χ0n) is 11.8. The first kappa shape index (κ1) is 15.1. The highest BCUT2D eigenvalue weighted by Gasteiger charge is 2.22. The number of carbonyl (C=O) groups excluding carboxylic acids is 1. The number of nitrogens with zero attached hydrogens (tertiary/aromatic N) is 4. The van der Waals surface area contributed by atoms with Crippen molar-refractivity contribution in [3.05, 3.63) is 28.7 Å². The van der Waals surface area contributed by atoms with Gasteiger partial charge in [-0.05, 0) is 25.3 Å². The van der Waals surface area contributed by atoms with Gasteiger partial charge in [-0.25, -0.2) is 0 Å². The van der Waals surface area contributed by atoms with Crippen molar-refractivity contribution < 1.29 is 4.79 Å². The Morgan fingerprint density at radius 2 is 2.40 bits per heavy atom. The summed E-state index contributed by atoms with van der Waals surface area (Å²) in [4.78, 5) is 15.6. The van der Waals surface area contributed by atoms with Crippen LogP contribution in [0.3, 0.4) is 0 Å². The molecule has 0 saturated carbocycles. The van der Waals surface area contributed by atoms with Gasteiger partial charge in [0, 0.05) is 18.5 Å². The van der Waals surface area contributed by atoms with Crippen molar-refractivity contribution in [2.45, 2.75) is 30.8 Å². The van der Waals surface area contributed by atoms with Crippen LogP contribution in [0.5, 0.6) is 0 Å². The molecule has 108 valence electrons. The third kappa shape index (κ3) is 3.61. The van der Waals surface area contributed by atoms with Gasteiger partial charge in [-0.3, -0.25) is 4.79 Å². The van der Waals surface area contributed by atoms with E-state index in [1.165, 1.54) is 16.6 Å². The smallest absolute Gasteiger partial charge is 0.236 e. The average molecular weight is 310 g/mol. The van der Waals surface area contributed by atoms with Crippen molar-refractivity contribution in [1.82, 2.24) is 19.7 Å². The molecule has 0 spiro atoms. The molecule has 0 fully saturated rings. The van der Waals surface area contributed by atoms with Crippen molar-refractivity contribution >= 4 is 29.0 Å². The minimum Gasteiger partial charge on any atom is -0.337 e. The Bertz CT molecular complexity index is 552. The zero-order valence-corrected chi connectivity index (χ0v) is 13.4. The van der Waals surface area contributed by atoms with Crippen LogP contribution in [0.25, 0.3) is 0 Å². The predicted octanol–water partition coefficient (Wildman–Crippen LogP) is 2.41. The molecule has 0 bridgehead atoms. The summed E-state index contributed by atoms with van der Waals surface area (Å²) in [5.74, 6) is 0.133. The number of thioether (sulfide) groups is 1. The fraction of sp³-hybridized carbons (Fsp3) is 0.462. The van der Waals surface area contributed by atoms with Gasteiger partial charge in [0.1, 0.15) is 6.33 Å². The maximum atomic E-state index is 12.5. The fourth-order valence-electron chi connectivity index (χ4n) is 1.78. The molecule has 2 aromatic heterocycles. The highest BCUT2D eigenvalue weighted by molar-refractivity contribution is 8.00. The van der Waals surface area contributed by atoms with Gasteiger partial charge >= 0.3 is 0 Å². The highest BCUT2D eigenvalue weighted by Crippen LogP contribution is 2.22. The predicted molar refractivity (Wildman–Crippen MR) is 81.7 cm³/mol. The van der Waals surface area contributed by atoms with Gasteiger partial charge in [-0.2, -0.15) is 0 Å². The molecule has 2 rings (SSSR count). The number of aryl methyl sites for hydroxylation is 1. The molecule has 1 amide bonds. The quantitative estimate of drug-likeness (QED) is 0.769. The molecule has 0 N–H and O–H groups in total. The molecular weight excluding hydrogens is 292 g/mol. The van der Waals surface area contributed by atoms with Crippen LogP contribution < -0.4 is 0 Å². The highest BCUT2D eigenvalue weighted by atomic mass is 32.2. The molecule has 1 unspecified atom stereocenters. The van der Waals surface area contributed by atoms with Gasteiger partial charge in [0.2, 0.25) is 5.91 Å². The Morgan fingerprint density at radius 1 is 1.60 bits per heavy atom. The van der Waals surface area contributed by atoms with E-state index >= 15 is 0 Å². The first-order chi connectivity index (χ1) is 9.61. The normalized spacial score (nSPS) is 12.3. The summed E-state index contributed by atoms with van der Waals surface area (Å²) in [5, 5.41) is 10.5. The van der Waals surface area contributed by atoms with E-state index in [1.807, 2.05) is 41.8 Å². The van der Waals surface area contributed by atoms with E-state index in [2.05, 4.69) is 16.3 Å². The molecule has 0 aromatic carbocycles. The number of hydrogen-bond donors (Lipinski definition) is 0. The summed E-state index contributed by atoms with van der Waals surface area (Å²) in [6, 6.07) is 4.07. The topological polar surface area (TPSA) is 51.0 Å². The average Bonchev–Trinajstić information content (AvgIpc) is 3.08. The van der Waals surface area contributed by atoms with E-state index < -0.39 is 0 Å². The molecule has 2 aromatic rings. The first-order valence-corrected chi connectivity index (χ1v) is 8.19. The van der Waals surface area contributed by atoms with Gasteiger partial charge in [-0.1, -0.05) is 17.8 Å². The molecule has 0 aliphatic rings. The summed E-state index contributed by atoms with van der Waals surface area (Å²) in [7, 11) is 1.88. The minimum atomic E-state index is -0.169. The number of rotatable bonds is 6. The van der Waals surface area contributed by atoms with Crippen molar-refractivity contribution in [2.75, 3.05) is 6.54 Å². The molecule has 0 aliphatic carbocycles. The second-order valence-corrected chi connectivity index (χ2v) is 6.76. The molecule has 0 saturated heterocycles. The standard InChI is InChI=1S/C13H18N4OS2/c1-4-17(8-11-6-5-7-19-11)12(18)10(2)20-13-15-14-9-16(13)3/h5-7,9-10H,4,8H2,1-3H3. The largest absolute Gasteiger partial charge is 0.337 e. The van der Waals surface area contributed by atoms with Gasteiger partial charge in [-0.15, -0.1) is 21.5 Å². The van der Waals surface area contributed by atoms with Gasteiger partial charge < -0.3 is 9.47 Å². The summed E-state index contributed by atoms with van der Waals surface area (Å²) >= 11 is 3.12. The molecule has 0 aliphatic heterocycles. The first-order valence-electron chi connectivity index (χ1n) is 6.43. The fourth-order valence-corrected chi connectivity index (χ4v) is 3.37. The number of carbonyl (C=O) groups is 1. The Labute approximate surface area is 127 Å². The van der Waals surface area contributed by atoms with Crippen molar-refractivity contribution in [1.29, 1.82) is 0 Å². The second kappa shape index (κ2) is 6.90. The molecule has 1 atom stereocenters. The lowest BCUT2D eigenvalue weighted by Crippen LogP contribution is -2.35. The Morgan fingerprint density at radius 3 is 2.95 bits per heavy atom. The van der Waals surface area contributed by atoms with Gasteiger partial charge in [0.25, 0.3) is 0 Å². The molecule has 7 heteroatoms. The van der Waals surface area contributed by atoms with E-state index in [-0.39, 0.29) is 11.2 Å². The van der Waals surface area contributed by atoms with Crippen molar-refractivity contribution in [3.8, 4) is 0 Å². The molecule has 5 nitrogen and oxygen atoms in total. The summed E-state index contributed by atoms with van der Waals surface area (Å²) in [6.07, 6.45) is 1.64. The molecule has 0 radical (unpaired) electrons. The SMILES string of the molecule is CCN(Cc1cccs1)C(=O)C(C)Sc1nncn1C. The molecular formula is C13H18N4OS2. The summed E-state index contributed by atoms with van der Waals surface area (Å²) in [5.41, 5.74) is 0. The van der Waals surface area contributed by atoms with Crippen LogP contribution in [0.4, 0.5) is 0 Å². The van der Waals surface area contributed by atoms with Crippen LogP contribution in [0.15, 0.2) is 29.0 Å². The lowest BCUT2D eigenvalue weighted by Gasteiger charge is -2.23. The lowest BCUT2D eigenvalue weighted by molar-refractivity contribution is -0.130. The van der Waals surface area contributed by atoms with Crippen LogP contribution in [0.2, 0.25) is 0 Å². The van der Waals surface area contributed by atoms with E-state index in [0.717, 1.165) is 5.16 Å². The van der Waals surface area contributed by atoms with Gasteiger partial charge in [0.15, 0.2) is 5.16 Å². The van der Waals surface area contributed by atoms with Crippen LogP contribution in [0, 0.1) is 0 Å². The third-order valence-electron chi connectivity index (χ3n) is 2.92. The molecule has 20 heavy (non-hydrogen) atoms. The maximum absolute atomic E-state index is 12.5. The van der Waals surface area contributed by atoms with Crippen molar-refractivity contribution in [2.24, 2.45) is 7.05 Å². The van der Waals surface area contributed by atoms with Crippen LogP contribution in [-0.4, -0.2) is 37.4 Å². The second-order valence-electron chi connectivity index (χ2n) is 4.42. The van der Waals surface area contributed by atoms with Crippen LogP contribution in [-0.2, 0) is 18.4 Å². The summed E-state index contributed by atoms with van der Waals surface area (Å²) < 4.78 is 1.82. The third-order valence-corrected chi connectivity index (χ3v) is 4.92. The monoisotopic (exact) mass is 310 g/mol. The minimum absolute atomic E-state index is 0.133. The van der Waals surface area contributed by atoms with Gasteiger partial charge in [0.05, 0.1) is 11.8 Å². The Kier molecular flexibility index (Phi) is 5.19. The Balaban J connectivity index is 1.99. The number of thiophene rings is 1.